The van der Waals surface area contributed by atoms with E-state index in [4.69, 9.17) is 9.47 Å². The maximum Gasteiger partial charge on any atom is 0.330 e. The molecular formula is C15H19FO3. The quantitative estimate of drug-likeness (QED) is 0.585. The zero-order chi connectivity index (χ0) is 14.3. The van der Waals surface area contributed by atoms with Gasteiger partial charge < -0.3 is 9.47 Å². The van der Waals surface area contributed by atoms with Crippen LogP contribution in [-0.4, -0.2) is 19.7 Å². The lowest BCUT2D eigenvalue weighted by molar-refractivity contribution is -0.137. The van der Waals surface area contributed by atoms with E-state index in [2.05, 4.69) is 0 Å². The van der Waals surface area contributed by atoms with E-state index in [1.165, 1.54) is 19.3 Å². The molecule has 0 fully saturated rings. The molecule has 0 saturated carbocycles. The number of carbonyl (C=O) groups excluding carboxylic acids is 1. The van der Waals surface area contributed by atoms with Crippen LogP contribution in [0.1, 0.15) is 31.4 Å². The van der Waals surface area contributed by atoms with Gasteiger partial charge in [-0.3, -0.25) is 0 Å². The molecule has 104 valence electrons. The number of hydrogen-bond acceptors (Lipinski definition) is 3. The molecule has 0 amide bonds. The van der Waals surface area contributed by atoms with Gasteiger partial charge in [0.05, 0.1) is 13.7 Å². The van der Waals surface area contributed by atoms with Crippen molar-refractivity contribution in [3.05, 3.63) is 35.2 Å². The third-order valence-corrected chi connectivity index (χ3v) is 2.62. The minimum atomic E-state index is -0.439. The van der Waals surface area contributed by atoms with Gasteiger partial charge in [-0.05, 0) is 42.7 Å². The molecule has 1 rings (SSSR count). The largest absolute Gasteiger partial charge is 0.494 e. The van der Waals surface area contributed by atoms with Crippen molar-refractivity contribution >= 4 is 12.0 Å². The number of methoxy groups -OCH3 is 1. The van der Waals surface area contributed by atoms with Gasteiger partial charge in [0.15, 0.2) is 11.6 Å². The van der Waals surface area contributed by atoms with Crippen molar-refractivity contribution in [3.8, 4) is 5.75 Å². The molecule has 3 nitrogen and oxygen atoms in total. The molecule has 4 heteroatoms. The predicted octanol–water partition coefficient (Wildman–Crippen LogP) is 3.36. The van der Waals surface area contributed by atoms with Crippen LogP contribution in [-0.2, 0) is 16.0 Å². The summed E-state index contributed by atoms with van der Waals surface area (Å²) in [6, 6.07) is 3.04. The standard InChI is InChI=1S/C15H19FO3/c1-4-6-11-10-14(18-3)13(16)9-12(11)7-8-15(17)19-5-2/h7-10H,4-6H2,1-3H3/b8-7+. The molecule has 0 N–H and O–H groups in total. The maximum atomic E-state index is 13.7. The molecule has 0 atom stereocenters. The van der Waals surface area contributed by atoms with Crippen molar-refractivity contribution in [1.82, 2.24) is 0 Å². The first kappa shape index (κ1) is 15.2. The minimum Gasteiger partial charge on any atom is -0.494 e. The molecule has 0 bridgehead atoms. The van der Waals surface area contributed by atoms with Crippen LogP contribution in [0.4, 0.5) is 4.39 Å². The lowest BCUT2D eigenvalue weighted by Crippen LogP contribution is -2.00. The van der Waals surface area contributed by atoms with Gasteiger partial charge in [0.2, 0.25) is 0 Å². The average molecular weight is 266 g/mol. The van der Waals surface area contributed by atoms with Gasteiger partial charge in [-0.25, -0.2) is 9.18 Å². The number of ether oxygens (including phenoxy) is 2. The monoisotopic (exact) mass is 266 g/mol. The molecule has 1 aromatic carbocycles. The summed E-state index contributed by atoms with van der Waals surface area (Å²) in [6.45, 7) is 4.10. The van der Waals surface area contributed by atoms with E-state index in [9.17, 15) is 9.18 Å². The van der Waals surface area contributed by atoms with Crippen molar-refractivity contribution in [3.63, 3.8) is 0 Å². The Morgan fingerprint density at radius 1 is 1.37 bits per heavy atom. The van der Waals surface area contributed by atoms with E-state index >= 15 is 0 Å². The van der Waals surface area contributed by atoms with Gasteiger partial charge in [-0.2, -0.15) is 0 Å². The van der Waals surface area contributed by atoms with Crippen LogP contribution in [0.3, 0.4) is 0 Å². The Kier molecular flexibility index (Phi) is 6.06. The number of rotatable bonds is 6. The van der Waals surface area contributed by atoms with Gasteiger partial charge in [-0.1, -0.05) is 13.3 Å². The molecule has 19 heavy (non-hydrogen) atoms. The molecule has 0 aliphatic heterocycles. The zero-order valence-electron chi connectivity index (χ0n) is 11.5. The smallest absolute Gasteiger partial charge is 0.330 e. The Labute approximate surface area is 113 Å². The van der Waals surface area contributed by atoms with Crippen LogP contribution in [0.25, 0.3) is 6.08 Å². The first-order valence-electron chi connectivity index (χ1n) is 6.33. The molecule has 0 unspecified atom stereocenters. The first-order valence-corrected chi connectivity index (χ1v) is 6.33. The molecule has 0 saturated heterocycles. The Morgan fingerprint density at radius 3 is 2.68 bits per heavy atom. The van der Waals surface area contributed by atoms with Gasteiger partial charge in [0.1, 0.15) is 0 Å². The summed E-state index contributed by atoms with van der Waals surface area (Å²) in [4.78, 5) is 11.3. The molecule has 0 aromatic heterocycles. The van der Waals surface area contributed by atoms with Gasteiger partial charge in [0, 0.05) is 6.08 Å². The van der Waals surface area contributed by atoms with Crippen LogP contribution in [0.15, 0.2) is 18.2 Å². The summed E-state index contributed by atoms with van der Waals surface area (Å²) in [5.41, 5.74) is 1.62. The average Bonchev–Trinajstić information content (AvgIpc) is 2.39. The highest BCUT2D eigenvalue weighted by molar-refractivity contribution is 5.87. The molecule has 0 aliphatic carbocycles. The number of aryl methyl sites for hydroxylation is 1. The molecule has 0 spiro atoms. The van der Waals surface area contributed by atoms with E-state index in [0.29, 0.717) is 12.2 Å². The van der Waals surface area contributed by atoms with E-state index in [-0.39, 0.29) is 5.75 Å². The third-order valence-electron chi connectivity index (χ3n) is 2.62. The normalized spacial score (nSPS) is 10.7. The van der Waals surface area contributed by atoms with Crippen LogP contribution < -0.4 is 4.74 Å². The molecule has 1 aromatic rings. The summed E-state index contributed by atoms with van der Waals surface area (Å²) >= 11 is 0. The highest BCUT2D eigenvalue weighted by Crippen LogP contribution is 2.24. The highest BCUT2D eigenvalue weighted by Gasteiger charge is 2.08. The highest BCUT2D eigenvalue weighted by atomic mass is 19.1. The second kappa shape index (κ2) is 7.56. The van der Waals surface area contributed by atoms with Crippen LogP contribution >= 0.6 is 0 Å². The summed E-state index contributed by atoms with van der Waals surface area (Å²) < 4.78 is 23.4. The zero-order valence-corrected chi connectivity index (χ0v) is 11.5. The van der Waals surface area contributed by atoms with Crippen molar-refractivity contribution in [2.45, 2.75) is 26.7 Å². The summed E-state index contributed by atoms with van der Waals surface area (Å²) in [5.74, 6) is -0.649. The number of hydrogen-bond donors (Lipinski definition) is 0. The van der Waals surface area contributed by atoms with Crippen molar-refractivity contribution in [2.24, 2.45) is 0 Å². The van der Waals surface area contributed by atoms with Gasteiger partial charge >= 0.3 is 5.97 Å². The third kappa shape index (κ3) is 4.39. The lowest BCUT2D eigenvalue weighted by atomic mass is 10.0. The van der Waals surface area contributed by atoms with E-state index in [1.807, 2.05) is 6.92 Å². The van der Waals surface area contributed by atoms with Gasteiger partial charge in [0.25, 0.3) is 0 Å². The Morgan fingerprint density at radius 2 is 2.11 bits per heavy atom. The second-order valence-electron chi connectivity index (χ2n) is 4.02. The van der Waals surface area contributed by atoms with Crippen LogP contribution in [0.5, 0.6) is 5.75 Å². The van der Waals surface area contributed by atoms with E-state index in [1.54, 1.807) is 19.1 Å². The topological polar surface area (TPSA) is 35.5 Å². The predicted molar refractivity (Wildman–Crippen MR) is 72.6 cm³/mol. The van der Waals surface area contributed by atoms with Gasteiger partial charge in [-0.15, -0.1) is 0 Å². The summed E-state index contributed by atoms with van der Waals surface area (Å²) in [7, 11) is 1.43. The van der Waals surface area contributed by atoms with Crippen LogP contribution in [0.2, 0.25) is 0 Å². The maximum absolute atomic E-state index is 13.7. The molecule has 0 radical (unpaired) electrons. The summed E-state index contributed by atoms with van der Waals surface area (Å²) in [6.07, 6.45) is 4.60. The fourth-order valence-electron chi connectivity index (χ4n) is 1.76. The molecular weight excluding hydrogens is 247 g/mol. The first-order chi connectivity index (χ1) is 9.12. The van der Waals surface area contributed by atoms with Crippen molar-refractivity contribution in [1.29, 1.82) is 0 Å². The van der Waals surface area contributed by atoms with E-state index < -0.39 is 11.8 Å². The minimum absolute atomic E-state index is 0.219. The second-order valence-corrected chi connectivity index (χ2v) is 4.02. The van der Waals surface area contributed by atoms with Crippen molar-refractivity contribution < 1.29 is 18.7 Å². The van der Waals surface area contributed by atoms with Crippen LogP contribution in [0, 0.1) is 5.82 Å². The number of halogens is 1. The number of carbonyl (C=O) groups is 1. The number of esters is 1. The fourth-order valence-corrected chi connectivity index (χ4v) is 1.76. The number of benzene rings is 1. The van der Waals surface area contributed by atoms with Crippen molar-refractivity contribution in [2.75, 3.05) is 13.7 Å². The lowest BCUT2D eigenvalue weighted by Gasteiger charge is -2.09. The molecule has 0 heterocycles. The Bertz CT molecular complexity index is 467. The van der Waals surface area contributed by atoms with E-state index in [0.717, 1.165) is 18.4 Å². The Balaban J connectivity index is 3.04. The summed E-state index contributed by atoms with van der Waals surface area (Å²) in [5, 5.41) is 0. The fraction of sp³-hybridized carbons (Fsp3) is 0.400. The Hall–Kier alpha value is -1.84. The SMILES string of the molecule is CCCc1cc(OC)c(F)cc1/C=C/C(=O)OCC. The molecule has 0 aliphatic rings.